The molecule has 5 aliphatic rings. The van der Waals surface area contributed by atoms with Crippen LogP contribution in [-0.2, 0) is 29.1 Å². The van der Waals surface area contributed by atoms with Gasteiger partial charge in [-0.15, -0.1) is 0 Å². The number of carbonyl (C=O) groups excluding carboxylic acids is 4. The Kier molecular flexibility index (Phi) is 10.5. The summed E-state index contributed by atoms with van der Waals surface area (Å²) in [7, 11) is -3.91. The number of aromatic nitrogens is 4. The Morgan fingerprint density at radius 2 is 1.71 bits per heavy atom. The molecule has 0 bridgehead atoms. The van der Waals surface area contributed by atoms with Gasteiger partial charge in [0.1, 0.15) is 29.8 Å². The Labute approximate surface area is 341 Å². The number of benzene rings is 1. The smallest absolute Gasteiger partial charge is 0.408 e. The normalized spacial score (nSPS) is 27.2. The zero-order valence-corrected chi connectivity index (χ0v) is 33.4. The van der Waals surface area contributed by atoms with Gasteiger partial charge in [0.15, 0.2) is 5.65 Å². The van der Waals surface area contributed by atoms with Gasteiger partial charge in [0.2, 0.25) is 27.7 Å². The third kappa shape index (κ3) is 8.08. The first-order valence-corrected chi connectivity index (χ1v) is 22.3. The van der Waals surface area contributed by atoms with Crippen LogP contribution < -0.4 is 20.1 Å². The van der Waals surface area contributed by atoms with Gasteiger partial charge in [-0.2, -0.15) is 9.61 Å². The van der Waals surface area contributed by atoms with E-state index in [1.165, 1.54) is 4.90 Å². The molecule has 0 spiro atoms. The van der Waals surface area contributed by atoms with E-state index in [0.717, 1.165) is 49.5 Å². The number of sulfonamides is 1. The molecule has 3 aromatic heterocycles. The molecule has 4 aromatic rings. The van der Waals surface area contributed by atoms with E-state index < -0.39 is 68.7 Å². The van der Waals surface area contributed by atoms with Gasteiger partial charge in [-0.05, 0) is 88.5 Å². The molecule has 5 atom stereocenters. The molecule has 4 amide bonds. The van der Waals surface area contributed by atoms with Crippen LogP contribution in [0.2, 0.25) is 0 Å². The molecule has 59 heavy (non-hydrogen) atoms. The Hall–Kier alpha value is -5.58. The monoisotopic (exact) mass is 824 g/mol. The quantitative estimate of drug-likeness (QED) is 0.214. The largest absolute Gasteiger partial charge is 0.472 e. The molecular formula is C42H48N8O8S. The lowest BCUT2D eigenvalue weighted by molar-refractivity contribution is -0.141. The Morgan fingerprint density at radius 1 is 0.932 bits per heavy atom. The van der Waals surface area contributed by atoms with Gasteiger partial charge in [-0.1, -0.05) is 37.1 Å². The first-order chi connectivity index (χ1) is 28.6. The number of hydrogen-bond donors (Lipinski definition) is 3. The second-order valence-electron chi connectivity index (χ2n) is 16.5. The highest BCUT2D eigenvalue weighted by Gasteiger charge is 2.62. The van der Waals surface area contributed by atoms with Crippen molar-refractivity contribution in [2.45, 2.75) is 119 Å². The van der Waals surface area contributed by atoms with Crippen molar-refractivity contribution in [3.63, 3.8) is 0 Å². The molecular weight excluding hydrogens is 777 g/mol. The number of amides is 4. The second-order valence-corrected chi connectivity index (χ2v) is 18.4. The zero-order chi connectivity index (χ0) is 40.7. The minimum absolute atomic E-state index is 0.0272. The lowest BCUT2D eigenvalue weighted by atomic mass is 10.0. The van der Waals surface area contributed by atoms with E-state index >= 15 is 0 Å². The second kappa shape index (κ2) is 15.9. The molecule has 9 rings (SSSR count). The van der Waals surface area contributed by atoms with Gasteiger partial charge in [-0.25, -0.2) is 18.2 Å². The Bertz CT molecular complexity index is 2410. The summed E-state index contributed by atoms with van der Waals surface area (Å²) >= 11 is 0. The molecule has 17 heteroatoms. The van der Waals surface area contributed by atoms with Crippen molar-refractivity contribution in [1.82, 2.24) is 39.8 Å². The number of hydrogen-bond acceptors (Lipinski definition) is 11. The summed E-state index contributed by atoms with van der Waals surface area (Å²) in [6.07, 6.45) is 13.4. The predicted molar refractivity (Wildman–Crippen MR) is 215 cm³/mol. The minimum Gasteiger partial charge on any atom is -0.472 e. The van der Waals surface area contributed by atoms with Crippen molar-refractivity contribution in [2.75, 3.05) is 6.54 Å². The van der Waals surface area contributed by atoms with E-state index in [4.69, 9.17) is 19.6 Å². The lowest BCUT2D eigenvalue weighted by Crippen LogP contribution is -2.58. The fourth-order valence-electron chi connectivity index (χ4n) is 8.71. The van der Waals surface area contributed by atoms with E-state index in [1.807, 2.05) is 48.6 Å². The third-order valence-electron chi connectivity index (χ3n) is 12.2. The molecule has 3 saturated carbocycles. The maximum absolute atomic E-state index is 14.7. The van der Waals surface area contributed by atoms with Gasteiger partial charge < -0.3 is 25.0 Å². The number of nitrogens with zero attached hydrogens (tertiary/aromatic N) is 5. The number of ether oxygens (including phenoxy) is 2. The van der Waals surface area contributed by atoms with Crippen LogP contribution in [0.4, 0.5) is 4.79 Å². The van der Waals surface area contributed by atoms with Crippen LogP contribution in [0.3, 0.4) is 0 Å². The highest BCUT2D eigenvalue weighted by molar-refractivity contribution is 7.91. The summed E-state index contributed by atoms with van der Waals surface area (Å²) in [6, 6.07) is 10.9. The lowest BCUT2D eigenvalue weighted by Gasteiger charge is -2.30. The topological polar surface area (TPSA) is 203 Å². The van der Waals surface area contributed by atoms with Gasteiger partial charge in [0, 0.05) is 41.7 Å². The number of pyridine rings is 1. The molecule has 5 heterocycles. The van der Waals surface area contributed by atoms with Crippen LogP contribution in [0.25, 0.3) is 27.8 Å². The van der Waals surface area contributed by atoms with Gasteiger partial charge in [0.25, 0.3) is 5.91 Å². The van der Waals surface area contributed by atoms with Gasteiger partial charge in [-0.3, -0.25) is 24.1 Å². The molecule has 3 aliphatic carbocycles. The predicted octanol–water partition coefficient (Wildman–Crippen LogP) is 4.33. The van der Waals surface area contributed by atoms with Crippen LogP contribution in [-0.4, -0.2) is 98.3 Å². The molecule has 0 radical (unpaired) electrons. The SMILES string of the molecule is O=C(N[C@H]1CCCCC/C=C\[C@@H]2C[C@@]2(C(=O)NS(=O)(=O)C2CC2)NC(=O)[C@@H]2C[C@@H](Oc3cc(-c4ccncc4)nc4c5ccccc5nn34)CN2C1=O)OC1CCCC1. The molecule has 2 aliphatic heterocycles. The molecule has 3 N–H and O–H groups in total. The Balaban J connectivity index is 1.05. The maximum atomic E-state index is 14.7. The molecule has 1 aromatic carbocycles. The summed E-state index contributed by atoms with van der Waals surface area (Å²) in [5.41, 5.74) is 1.14. The van der Waals surface area contributed by atoms with E-state index in [0.29, 0.717) is 54.8 Å². The van der Waals surface area contributed by atoms with E-state index in [2.05, 4.69) is 20.3 Å². The average Bonchev–Trinajstić information content (AvgIpc) is 4.04. The molecule has 0 unspecified atom stereocenters. The van der Waals surface area contributed by atoms with E-state index in [9.17, 15) is 27.6 Å². The molecule has 16 nitrogen and oxygen atoms in total. The fourth-order valence-corrected chi connectivity index (χ4v) is 10.1. The fraction of sp³-hybridized carbons (Fsp3) is 0.500. The van der Waals surface area contributed by atoms with Crippen molar-refractivity contribution in [2.24, 2.45) is 5.92 Å². The first-order valence-electron chi connectivity index (χ1n) is 20.8. The van der Waals surface area contributed by atoms with E-state index in [-0.39, 0.29) is 25.5 Å². The number of rotatable bonds is 8. The van der Waals surface area contributed by atoms with Crippen LogP contribution in [0.5, 0.6) is 5.88 Å². The summed E-state index contributed by atoms with van der Waals surface area (Å²) in [4.78, 5) is 66.9. The minimum atomic E-state index is -3.91. The van der Waals surface area contributed by atoms with Gasteiger partial charge in [0.05, 0.1) is 23.0 Å². The van der Waals surface area contributed by atoms with Crippen molar-refractivity contribution >= 4 is 50.4 Å². The van der Waals surface area contributed by atoms with Crippen LogP contribution in [0.15, 0.2) is 67.0 Å². The summed E-state index contributed by atoms with van der Waals surface area (Å²) in [5.74, 6) is -1.99. The standard InChI is InChI=1S/C42H48N8O8S/c51-38-35-22-29(57-36-23-34(26-18-20-43-21-19-26)44-37-31-13-8-9-14-32(31)47-50(36)37)25-49(35)39(52)33(45-41(54)58-28-11-6-7-12-28)15-5-3-1-2-4-10-27-24-42(27,46-38)40(53)48-59(55,56)30-16-17-30/h4,8-10,13-14,18-21,23,27-30,33,35H,1-3,5-7,11-12,15-17,22,24-25H2,(H,45,54)(H,46,51)(H,48,53)/b10-4-/t27-,29-,33+,35+,42-/m1/s1. The number of alkyl carbamates (subject to hydrolysis) is 1. The summed E-state index contributed by atoms with van der Waals surface area (Å²) in [5, 5.41) is 10.7. The molecule has 1 saturated heterocycles. The highest BCUT2D eigenvalue weighted by Crippen LogP contribution is 2.46. The van der Waals surface area contributed by atoms with Crippen LogP contribution in [0, 0.1) is 5.92 Å². The average molecular weight is 825 g/mol. The molecule has 4 fully saturated rings. The van der Waals surface area contributed by atoms with Crippen LogP contribution in [0.1, 0.15) is 83.5 Å². The first kappa shape index (κ1) is 38.9. The zero-order valence-electron chi connectivity index (χ0n) is 32.6. The number of allylic oxidation sites excluding steroid dienone is 1. The molecule has 310 valence electrons. The van der Waals surface area contributed by atoms with Crippen molar-refractivity contribution in [3.8, 4) is 17.1 Å². The van der Waals surface area contributed by atoms with Gasteiger partial charge >= 0.3 is 6.09 Å². The summed E-state index contributed by atoms with van der Waals surface area (Å²) in [6.45, 7) is -0.0272. The highest BCUT2D eigenvalue weighted by atomic mass is 32.2. The summed E-state index contributed by atoms with van der Waals surface area (Å²) < 4.78 is 42.2. The number of nitrogens with one attached hydrogen (secondary N) is 3. The van der Waals surface area contributed by atoms with Crippen molar-refractivity contribution in [3.05, 3.63) is 67.0 Å². The van der Waals surface area contributed by atoms with Crippen molar-refractivity contribution < 1.29 is 37.1 Å². The Morgan fingerprint density at radius 3 is 2.51 bits per heavy atom. The van der Waals surface area contributed by atoms with Crippen LogP contribution >= 0.6 is 0 Å². The number of carbonyl (C=O) groups is 4. The van der Waals surface area contributed by atoms with Crippen molar-refractivity contribution in [1.29, 1.82) is 0 Å². The maximum Gasteiger partial charge on any atom is 0.408 e. The van der Waals surface area contributed by atoms with E-state index in [1.54, 1.807) is 23.0 Å². The number of fused-ring (bicyclic) bond motifs is 5. The third-order valence-corrected chi connectivity index (χ3v) is 14.0.